The van der Waals surface area contributed by atoms with Crippen molar-refractivity contribution in [3.05, 3.63) is 17.8 Å². The van der Waals surface area contributed by atoms with Gasteiger partial charge in [0.25, 0.3) is 0 Å². The Morgan fingerprint density at radius 3 is 2.65 bits per heavy atom. The summed E-state index contributed by atoms with van der Waals surface area (Å²) in [5, 5.41) is 8.84. The molecule has 0 aromatic carbocycles. The maximum Gasteiger partial charge on any atom is 0.410 e. The van der Waals surface area contributed by atoms with Gasteiger partial charge in [-0.1, -0.05) is 0 Å². The van der Waals surface area contributed by atoms with Crippen molar-refractivity contribution in [2.24, 2.45) is 0 Å². The lowest BCUT2D eigenvalue weighted by atomic mass is 10.2. The molecule has 0 radical (unpaired) electrons. The maximum absolute atomic E-state index is 12.1. The van der Waals surface area contributed by atoms with Gasteiger partial charge in [0.2, 0.25) is 5.89 Å². The summed E-state index contributed by atoms with van der Waals surface area (Å²) in [5.74, 6) is -0.736. The fourth-order valence-electron chi connectivity index (χ4n) is 2.31. The summed E-state index contributed by atoms with van der Waals surface area (Å²) in [6.45, 7) is 8.59. The topological polar surface area (TPSA) is 96.1 Å². The van der Waals surface area contributed by atoms with Gasteiger partial charge in [0.15, 0.2) is 5.69 Å². The highest BCUT2D eigenvalue weighted by atomic mass is 16.6. The molecule has 1 aromatic heterocycles. The van der Waals surface area contributed by atoms with Crippen LogP contribution in [0.5, 0.6) is 0 Å². The largest absolute Gasteiger partial charge is 0.476 e. The van der Waals surface area contributed by atoms with Gasteiger partial charge in [-0.3, -0.25) is 4.90 Å². The van der Waals surface area contributed by atoms with Gasteiger partial charge >= 0.3 is 12.1 Å². The predicted molar refractivity (Wildman–Crippen MR) is 81.2 cm³/mol. The molecule has 1 fully saturated rings. The summed E-state index contributed by atoms with van der Waals surface area (Å²) >= 11 is 0. The van der Waals surface area contributed by atoms with Crippen LogP contribution in [0.2, 0.25) is 0 Å². The van der Waals surface area contributed by atoms with Crippen molar-refractivity contribution in [2.75, 3.05) is 26.2 Å². The summed E-state index contributed by atoms with van der Waals surface area (Å²) in [7, 11) is 0. The zero-order valence-electron chi connectivity index (χ0n) is 13.7. The molecule has 2 rings (SSSR count). The quantitative estimate of drug-likeness (QED) is 0.905. The standard InChI is InChI=1S/C15H23N3O5/c1-15(2,3)23-14(21)18-6-4-5-17(7-8-18)9-12-16-11(10-22-12)13(19)20/h10H,4-9H2,1-3H3,(H,19,20). The van der Waals surface area contributed by atoms with Gasteiger partial charge in [-0.25, -0.2) is 14.6 Å². The number of amides is 1. The first kappa shape index (κ1) is 17.3. The molecule has 0 aliphatic carbocycles. The van der Waals surface area contributed by atoms with Crippen LogP contribution >= 0.6 is 0 Å². The van der Waals surface area contributed by atoms with Crippen LogP contribution < -0.4 is 0 Å². The molecule has 23 heavy (non-hydrogen) atoms. The summed E-state index contributed by atoms with van der Waals surface area (Å²) in [6, 6.07) is 0. The van der Waals surface area contributed by atoms with Crippen LogP contribution in [-0.4, -0.2) is 63.7 Å². The molecule has 1 N–H and O–H groups in total. The Bertz CT molecular complexity index is 564. The van der Waals surface area contributed by atoms with E-state index in [2.05, 4.69) is 9.88 Å². The molecule has 2 heterocycles. The zero-order valence-corrected chi connectivity index (χ0v) is 13.7. The lowest BCUT2D eigenvalue weighted by Crippen LogP contribution is -2.39. The number of carbonyl (C=O) groups excluding carboxylic acids is 1. The molecular formula is C15H23N3O5. The normalized spacial score (nSPS) is 16.9. The van der Waals surface area contributed by atoms with Crippen molar-refractivity contribution in [3.8, 4) is 0 Å². The Balaban J connectivity index is 1.88. The number of carbonyl (C=O) groups is 2. The molecule has 1 aliphatic heterocycles. The van der Waals surface area contributed by atoms with Crippen LogP contribution in [0.25, 0.3) is 0 Å². The number of carboxylic acid groups (broad SMARTS) is 1. The molecule has 0 bridgehead atoms. The van der Waals surface area contributed by atoms with Crippen molar-refractivity contribution in [3.63, 3.8) is 0 Å². The molecular weight excluding hydrogens is 302 g/mol. The Hall–Kier alpha value is -2.09. The minimum absolute atomic E-state index is 0.0924. The number of carboxylic acids is 1. The zero-order chi connectivity index (χ0) is 17.0. The molecule has 0 spiro atoms. The molecule has 0 atom stereocenters. The van der Waals surface area contributed by atoms with E-state index in [1.54, 1.807) is 4.90 Å². The van der Waals surface area contributed by atoms with E-state index in [9.17, 15) is 9.59 Å². The molecule has 8 heteroatoms. The van der Waals surface area contributed by atoms with Crippen molar-refractivity contribution in [2.45, 2.75) is 39.3 Å². The first-order valence-corrected chi connectivity index (χ1v) is 7.62. The van der Waals surface area contributed by atoms with E-state index in [1.807, 2.05) is 20.8 Å². The van der Waals surface area contributed by atoms with E-state index in [4.69, 9.17) is 14.3 Å². The van der Waals surface area contributed by atoms with Gasteiger partial charge in [-0.2, -0.15) is 0 Å². The summed E-state index contributed by atoms with van der Waals surface area (Å²) < 4.78 is 10.6. The number of rotatable bonds is 3. The average Bonchev–Trinajstić information content (AvgIpc) is 2.76. The Morgan fingerprint density at radius 2 is 2.04 bits per heavy atom. The maximum atomic E-state index is 12.1. The second kappa shape index (κ2) is 6.99. The highest BCUT2D eigenvalue weighted by Gasteiger charge is 2.25. The van der Waals surface area contributed by atoms with Crippen molar-refractivity contribution in [1.29, 1.82) is 0 Å². The van der Waals surface area contributed by atoms with Crippen molar-refractivity contribution >= 4 is 12.1 Å². The molecule has 0 unspecified atom stereocenters. The number of aromatic carboxylic acids is 1. The summed E-state index contributed by atoms with van der Waals surface area (Å²) in [6.07, 6.45) is 1.65. The highest BCUT2D eigenvalue weighted by Crippen LogP contribution is 2.13. The number of ether oxygens (including phenoxy) is 1. The molecule has 1 amide bonds. The fourth-order valence-corrected chi connectivity index (χ4v) is 2.31. The van der Waals surface area contributed by atoms with Crippen LogP contribution in [0.1, 0.15) is 43.6 Å². The van der Waals surface area contributed by atoms with E-state index < -0.39 is 11.6 Å². The van der Waals surface area contributed by atoms with Gasteiger partial charge in [-0.05, 0) is 27.2 Å². The van der Waals surface area contributed by atoms with Crippen LogP contribution in [0.4, 0.5) is 4.79 Å². The first-order chi connectivity index (χ1) is 10.7. The second-order valence-corrected chi connectivity index (χ2v) is 6.53. The van der Waals surface area contributed by atoms with Gasteiger partial charge in [0.1, 0.15) is 11.9 Å². The summed E-state index contributed by atoms with van der Waals surface area (Å²) in [4.78, 5) is 30.6. The highest BCUT2D eigenvalue weighted by molar-refractivity contribution is 5.84. The van der Waals surface area contributed by atoms with Crippen molar-refractivity contribution in [1.82, 2.24) is 14.8 Å². The molecule has 8 nitrogen and oxygen atoms in total. The smallest absolute Gasteiger partial charge is 0.410 e. The monoisotopic (exact) mass is 325 g/mol. The third-order valence-electron chi connectivity index (χ3n) is 3.37. The number of aromatic nitrogens is 1. The van der Waals surface area contributed by atoms with Crippen LogP contribution in [0.3, 0.4) is 0 Å². The lowest BCUT2D eigenvalue weighted by Gasteiger charge is -2.26. The fraction of sp³-hybridized carbons (Fsp3) is 0.667. The third kappa shape index (κ3) is 5.24. The predicted octanol–water partition coefficient (Wildman–Crippen LogP) is 1.82. The van der Waals surface area contributed by atoms with E-state index in [1.165, 1.54) is 0 Å². The number of nitrogens with zero attached hydrogens (tertiary/aromatic N) is 3. The van der Waals surface area contributed by atoms with Gasteiger partial charge < -0.3 is 19.2 Å². The van der Waals surface area contributed by atoms with Crippen LogP contribution in [-0.2, 0) is 11.3 Å². The minimum Gasteiger partial charge on any atom is -0.476 e. The van der Waals surface area contributed by atoms with Crippen LogP contribution in [0, 0.1) is 0 Å². The molecule has 128 valence electrons. The second-order valence-electron chi connectivity index (χ2n) is 6.53. The number of hydrogen-bond donors (Lipinski definition) is 1. The van der Waals surface area contributed by atoms with Gasteiger partial charge in [0, 0.05) is 26.2 Å². The van der Waals surface area contributed by atoms with E-state index in [0.29, 0.717) is 32.1 Å². The molecule has 1 aliphatic rings. The minimum atomic E-state index is -1.10. The van der Waals surface area contributed by atoms with E-state index in [-0.39, 0.29) is 11.8 Å². The SMILES string of the molecule is CC(C)(C)OC(=O)N1CCCN(Cc2nc(C(=O)O)co2)CC1. The Kier molecular flexibility index (Phi) is 5.25. The third-order valence-corrected chi connectivity index (χ3v) is 3.37. The van der Waals surface area contributed by atoms with E-state index in [0.717, 1.165) is 19.2 Å². The summed E-state index contributed by atoms with van der Waals surface area (Å²) in [5.41, 5.74) is -0.598. The van der Waals surface area contributed by atoms with Crippen LogP contribution in [0.15, 0.2) is 10.7 Å². The molecule has 0 saturated carbocycles. The number of hydrogen-bond acceptors (Lipinski definition) is 6. The lowest BCUT2D eigenvalue weighted by molar-refractivity contribution is 0.0257. The van der Waals surface area contributed by atoms with E-state index >= 15 is 0 Å². The van der Waals surface area contributed by atoms with Gasteiger partial charge in [-0.15, -0.1) is 0 Å². The molecule has 1 aromatic rings. The van der Waals surface area contributed by atoms with Crippen molar-refractivity contribution < 1.29 is 23.8 Å². The van der Waals surface area contributed by atoms with Gasteiger partial charge in [0.05, 0.1) is 6.54 Å². The Morgan fingerprint density at radius 1 is 1.30 bits per heavy atom. The first-order valence-electron chi connectivity index (χ1n) is 7.62. The average molecular weight is 325 g/mol. The number of oxazole rings is 1. The Labute approximate surface area is 135 Å². The molecule has 1 saturated heterocycles.